The summed E-state index contributed by atoms with van der Waals surface area (Å²) in [6.07, 6.45) is 0.962. The van der Waals surface area contributed by atoms with Crippen LogP contribution in [-0.2, 0) is 17.8 Å². The molecule has 3 aromatic rings. The van der Waals surface area contributed by atoms with Gasteiger partial charge in [0.05, 0.1) is 13.2 Å². The molecule has 1 heterocycles. The summed E-state index contributed by atoms with van der Waals surface area (Å²) < 4.78 is 5.61. The van der Waals surface area contributed by atoms with Gasteiger partial charge in [0.1, 0.15) is 5.75 Å². The molecule has 0 saturated heterocycles. The first-order valence-electron chi connectivity index (χ1n) is 9.47. The molecule has 0 aliphatic carbocycles. The predicted molar refractivity (Wildman–Crippen MR) is 109 cm³/mol. The predicted octanol–water partition coefficient (Wildman–Crippen LogP) is 4.24. The van der Waals surface area contributed by atoms with Crippen molar-refractivity contribution in [2.24, 2.45) is 0 Å². The number of hydrogen-bond donors (Lipinski definition) is 1. The van der Waals surface area contributed by atoms with Gasteiger partial charge in [-0.3, -0.25) is 9.69 Å². The van der Waals surface area contributed by atoms with Crippen LogP contribution in [0.1, 0.15) is 18.1 Å². The standard InChI is InChI=1S/C23H24N2O2/c1-2-27-20-11-10-17-12-13-25(15-19(17)14-20)16-23(26)24-22-9-5-7-18-6-3-4-8-21(18)22/h3-11,14H,2,12-13,15-16H2,1H3,(H,24,26). The van der Waals surface area contributed by atoms with Gasteiger partial charge < -0.3 is 10.1 Å². The Balaban J connectivity index is 1.43. The van der Waals surface area contributed by atoms with Crippen LogP contribution in [0.15, 0.2) is 60.7 Å². The molecule has 0 aromatic heterocycles. The van der Waals surface area contributed by atoms with E-state index in [1.165, 1.54) is 11.1 Å². The highest BCUT2D eigenvalue weighted by atomic mass is 16.5. The summed E-state index contributed by atoms with van der Waals surface area (Å²) >= 11 is 0. The summed E-state index contributed by atoms with van der Waals surface area (Å²) in [7, 11) is 0. The Morgan fingerprint density at radius 3 is 2.81 bits per heavy atom. The average molecular weight is 360 g/mol. The summed E-state index contributed by atoms with van der Waals surface area (Å²) in [6, 6.07) is 20.4. The number of ether oxygens (including phenoxy) is 1. The number of hydrogen-bond acceptors (Lipinski definition) is 3. The Kier molecular flexibility index (Phi) is 5.07. The van der Waals surface area contributed by atoms with Gasteiger partial charge >= 0.3 is 0 Å². The fraction of sp³-hybridized carbons (Fsp3) is 0.261. The Morgan fingerprint density at radius 1 is 1.07 bits per heavy atom. The van der Waals surface area contributed by atoms with Crippen LogP contribution in [0.4, 0.5) is 5.69 Å². The Bertz CT molecular complexity index is 962. The van der Waals surface area contributed by atoms with Gasteiger partial charge in [-0.05, 0) is 48.1 Å². The minimum Gasteiger partial charge on any atom is -0.494 e. The first-order chi connectivity index (χ1) is 13.2. The Labute approximate surface area is 159 Å². The third-order valence-electron chi connectivity index (χ3n) is 5.01. The molecular formula is C23H24N2O2. The van der Waals surface area contributed by atoms with E-state index >= 15 is 0 Å². The van der Waals surface area contributed by atoms with Gasteiger partial charge in [0.15, 0.2) is 0 Å². The monoisotopic (exact) mass is 360 g/mol. The molecule has 0 atom stereocenters. The van der Waals surface area contributed by atoms with Crippen molar-refractivity contribution in [1.29, 1.82) is 0 Å². The zero-order valence-electron chi connectivity index (χ0n) is 15.6. The quantitative estimate of drug-likeness (QED) is 0.740. The fourth-order valence-electron chi connectivity index (χ4n) is 3.71. The fourth-order valence-corrected chi connectivity index (χ4v) is 3.71. The van der Waals surface area contributed by atoms with E-state index in [0.29, 0.717) is 13.2 Å². The van der Waals surface area contributed by atoms with E-state index in [0.717, 1.165) is 41.7 Å². The number of benzene rings is 3. The van der Waals surface area contributed by atoms with Crippen molar-refractivity contribution in [3.8, 4) is 5.75 Å². The summed E-state index contributed by atoms with van der Waals surface area (Å²) in [5.74, 6) is 0.925. The van der Waals surface area contributed by atoms with E-state index in [1.54, 1.807) is 0 Å². The van der Waals surface area contributed by atoms with E-state index in [4.69, 9.17) is 4.74 Å². The maximum Gasteiger partial charge on any atom is 0.238 e. The lowest BCUT2D eigenvalue weighted by molar-refractivity contribution is -0.117. The van der Waals surface area contributed by atoms with E-state index in [9.17, 15) is 4.79 Å². The normalized spacial score (nSPS) is 14.0. The topological polar surface area (TPSA) is 41.6 Å². The second kappa shape index (κ2) is 7.80. The molecule has 4 rings (SSSR count). The molecule has 1 aliphatic rings. The lowest BCUT2D eigenvalue weighted by Crippen LogP contribution is -2.37. The molecule has 0 unspecified atom stereocenters. The number of nitrogens with one attached hydrogen (secondary N) is 1. The van der Waals surface area contributed by atoms with E-state index in [-0.39, 0.29) is 5.91 Å². The van der Waals surface area contributed by atoms with Crippen molar-refractivity contribution in [2.45, 2.75) is 19.9 Å². The van der Waals surface area contributed by atoms with Crippen molar-refractivity contribution >= 4 is 22.4 Å². The van der Waals surface area contributed by atoms with Crippen LogP contribution in [0.3, 0.4) is 0 Å². The first-order valence-corrected chi connectivity index (χ1v) is 9.47. The maximum atomic E-state index is 12.6. The molecule has 4 heteroatoms. The zero-order chi connectivity index (χ0) is 18.6. The van der Waals surface area contributed by atoms with Gasteiger partial charge in [0.2, 0.25) is 5.91 Å². The summed E-state index contributed by atoms with van der Waals surface area (Å²) in [6.45, 7) is 4.71. The van der Waals surface area contributed by atoms with Crippen LogP contribution < -0.4 is 10.1 Å². The highest BCUT2D eigenvalue weighted by molar-refractivity contribution is 6.02. The van der Waals surface area contributed by atoms with E-state index in [1.807, 2.05) is 43.3 Å². The second-order valence-electron chi connectivity index (χ2n) is 6.90. The number of fused-ring (bicyclic) bond motifs is 2. The smallest absolute Gasteiger partial charge is 0.238 e. The summed E-state index contributed by atoms with van der Waals surface area (Å²) in [5, 5.41) is 5.28. The molecule has 0 spiro atoms. The third-order valence-corrected chi connectivity index (χ3v) is 5.01. The van der Waals surface area contributed by atoms with Crippen LogP contribution in [0.5, 0.6) is 5.75 Å². The molecule has 0 bridgehead atoms. The Morgan fingerprint density at radius 2 is 1.93 bits per heavy atom. The van der Waals surface area contributed by atoms with Crippen LogP contribution in [0.25, 0.3) is 10.8 Å². The summed E-state index contributed by atoms with van der Waals surface area (Å²) in [5.41, 5.74) is 3.48. The number of carbonyl (C=O) groups excluding carboxylic acids is 1. The summed E-state index contributed by atoms with van der Waals surface area (Å²) in [4.78, 5) is 14.8. The van der Waals surface area contributed by atoms with Crippen molar-refractivity contribution in [1.82, 2.24) is 4.90 Å². The molecule has 0 saturated carbocycles. The lowest BCUT2D eigenvalue weighted by atomic mass is 9.99. The molecule has 3 aromatic carbocycles. The molecule has 138 valence electrons. The molecule has 1 N–H and O–H groups in total. The van der Waals surface area contributed by atoms with Gasteiger partial charge in [-0.2, -0.15) is 0 Å². The molecule has 27 heavy (non-hydrogen) atoms. The van der Waals surface area contributed by atoms with Gasteiger partial charge in [-0.15, -0.1) is 0 Å². The number of rotatable bonds is 5. The zero-order valence-corrected chi connectivity index (χ0v) is 15.6. The third kappa shape index (κ3) is 3.96. The van der Waals surface area contributed by atoms with Crippen LogP contribution in [0, 0.1) is 0 Å². The lowest BCUT2D eigenvalue weighted by Gasteiger charge is -2.28. The van der Waals surface area contributed by atoms with Crippen molar-refractivity contribution < 1.29 is 9.53 Å². The van der Waals surface area contributed by atoms with Crippen molar-refractivity contribution in [3.05, 3.63) is 71.8 Å². The molecule has 1 amide bonds. The van der Waals surface area contributed by atoms with Crippen molar-refractivity contribution in [3.63, 3.8) is 0 Å². The Hall–Kier alpha value is -2.85. The molecule has 1 aliphatic heterocycles. The van der Waals surface area contributed by atoms with Gasteiger partial charge in [0.25, 0.3) is 0 Å². The van der Waals surface area contributed by atoms with Crippen LogP contribution in [0.2, 0.25) is 0 Å². The number of nitrogens with zero attached hydrogens (tertiary/aromatic N) is 1. The largest absolute Gasteiger partial charge is 0.494 e. The van der Waals surface area contributed by atoms with Crippen LogP contribution >= 0.6 is 0 Å². The second-order valence-corrected chi connectivity index (χ2v) is 6.90. The average Bonchev–Trinajstić information content (AvgIpc) is 2.68. The minimum atomic E-state index is 0.0239. The molecular weight excluding hydrogens is 336 g/mol. The first kappa shape index (κ1) is 17.6. The minimum absolute atomic E-state index is 0.0239. The van der Waals surface area contributed by atoms with E-state index < -0.39 is 0 Å². The van der Waals surface area contributed by atoms with Gasteiger partial charge in [-0.1, -0.05) is 42.5 Å². The molecule has 4 nitrogen and oxygen atoms in total. The van der Waals surface area contributed by atoms with E-state index in [2.05, 4.69) is 34.5 Å². The van der Waals surface area contributed by atoms with Gasteiger partial charge in [-0.25, -0.2) is 0 Å². The number of carbonyl (C=O) groups is 1. The highest BCUT2D eigenvalue weighted by Crippen LogP contribution is 2.25. The van der Waals surface area contributed by atoms with Crippen LogP contribution in [-0.4, -0.2) is 30.5 Å². The molecule has 0 fully saturated rings. The number of amides is 1. The van der Waals surface area contributed by atoms with Crippen molar-refractivity contribution in [2.75, 3.05) is 25.0 Å². The maximum absolute atomic E-state index is 12.6. The highest BCUT2D eigenvalue weighted by Gasteiger charge is 2.19. The van der Waals surface area contributed by atoms with Gasteiger partial charge in [0, 0.05) is 24.2 Å². The SMILES string of the molecule is CCOc1ccc2c(c1)CN(CC(=O)Nc1cccc3ccccc13)CC2. The molecule has 0 radical (unpaired) electrons. The number of anilines is 1.